The van der Waals surface area contributed by atoms with E-state index in [1.807, 2.05) is 48.5 Å². The van der Waals surface area contributed by atoms with Gasteiger partial charge >= 0.3 is 0 Å². The van der Waals surface area contributed by atoms with Crippen LogP contribution in [-0.4, -0.2) is 12.5 Å². The van der Waals surface area contributed by atoms with Crippen LogP contribution < -0.4 is 10.1 Å². The molecular weight excluding hydrogens is 342 g/mol. The fraction of sp³-hybridized carbons (Fsp3) is 0.167. The molecule has 22 heavy (non-hydrogen) atoms. The van der Waals surface area contributed by atoms with Gasteiger partial charge in [0.05, 0.1) is 6.61 Å². The number of benzene rings is 2. The average Bonchev–Trinajstić information content (AvgIpc) is 2.51. The molecule has 0 bridgehead atoms. The van der Waals surface area contributed by atoms with Gasteiger partial charge in [-0.3, -0.25) is 4.79 Å². The molecule has 1 N–H and O–H groups in total. The van der Waals surface area contributed by atoms with Crippen molar-refractivity contribution in [1.82, 2.24) is 0 Å². The Morgan fingerprint density at radius 2 is 2.05 bits per heavy atom. The van der Waals surface area contributed by atoms with Crippen molar-refractivity contribution in [1.29, 1.82) is 0 Å². The number of anilines is 1. The molecule has 2 aromatic rings. The number of ether oxygens (including phenoxy) is 1. The van der Waals surface area contributed by atoms with E-state index >= 15 is 0 Å². The number of rotatable bonds is 6. The van der Waals surface area contributed by atoms with Crippen molar-refractivity contribution in [2.75, 3.05) is 11.9 Å². The minimum Gasteiger partial charge on any atom is -0.493 e. The van der Waals surface area contributed by atoms with E-state index in [0.29, 0.717) is 6.61 Å². The predicted octanol–water partition coefficient (Wildman–Crippen LogP) is 4.89. The standard InChI is InChI=1S/C18H18BrNO2/c1-2-12-22-17-9-4-3-6-14(17)10-11-18(21)20-16-8-5-7-15(19)13-16/h3-11,13H,2,12H2,1H3,(H,20,21)/b11-10+. The third-order valence-electron chi connectivity index (χ3n) is 2.89. The van der Waals surface area contributed by atoms with Crippen LogP contribution in [0.5, 0.6) is 5.75 Å². The van der Waals surface area contributed by atoms with Gasteiger partial charge in [-0.05, 0) is 36.8 Å². The Balaban J connectivity index is 2.03. The third kappa shape index (κ3) is 5.04. The minimum atomic E-state index is -0.177. The zero-order valence-corrected chi connectivity index (χ0v) is 14.0. The number of carbonyl (C=O) groups excluding carboxylic acids is 1. The molecule has 0 saturated heterocycles. The molecule has 4 heteroatoms. The van der Waals surface area contributed by atoms with Crippen LogP contribution in [0.4, 0.5) is 5.69 Å². The average molecular weight is 360 g/mol. The molecule has 3 nitrogen and oxygen atoms in total. The Hall–Kier alpha value is -2.07. The largest absolute Gasteiger partial charge is 0.493 e. The molecule has 0 atom stereocenters. The summed E-state index contributed by atoms with van der Waals surface area (Å²) in [6.07, 6.45) is 4.22. The molecular formula is C18H18BrNO2. The number of nitrogens with one attached hydrogen (secondary N) is 1. The summed E-state index contributed by atoms with van der Waals surface area (Å²) in [6.45, 7) is 2.72. The van der Waals surface area contributed by atoms with Crippen LogP contribution in [0.25, 0.3) is 6.08 Å². The second-order valence-corrected chi connectivity index (χ2v) is 5.63. The Kier molecular flexibility index (Phi) is 6.22. The summed E-state index contributed by atoms with van der Waals surface area (Å²) in [5, 5.41) is 2.82. The highest BCUT2D eigenvalue weighted by atomic mass is 79.9. The molecule has 0 spiro atoms. The van der Waals surface area contributed by atoms with Crippen molar-refractivity contribution in [3.05, 3.63) is 64.6 Å². The van der Waals surface area contributed by atoms with Crippen molar-refractivity contribution in [2.24, 2.45) is 0 Å². The molecule has 0 aliphatic rings. The van der Waals surface area contributed by atoms with Gasteiger partial charge in [0.15, 0.2) is 0 Å². The fourth-order valence-corrected chi connectivity index (χ4v) is 2.28. The summed E-state index contributed by atoms with van der Waals surface area (Å²) in [6, 6.07) is 15.1. The first-order chi connectivity index (χ1) is 10.7. The lowest BCUT2D eigenvalue weighted by molar-refractivity contribution is -0.111. The molecule has 2 rings (SSSR count). The first-order valence-electron chi connectivity index (χ1n) is 7.15. The molecule has 0 aliphatic heterocycles. The SMILES string of the molecule is CCCOc1ccccc1/C=C/C(=O)Nc1cccc(Br)c1. The zero-order chi connectivity index (χ0) is 15.8. The van der Waals surface area contributed by atoms with Gasteiger partial charge in [0.25, 0.3) is 0 Å². The van der Waals surface area contributed by atoms with Gasteiger partial charge < -0.3 is 10.1 Å². The number of para-hydroxylation sites is 1. The third-order valence-corrected chi connectivity index (χ3v) is 3.38. The van der Waals surface area contributed by atoms with E-state index in [0.717, 1.165) is 27.9 Å². The van der Waals surface area contributed by atoms with E-state index < -0.39 is 0 Å². The normalized spacial score (nSPS) is 10.6. The van der Waals surface area contributed by atoms with Crippen LogP contribution in [0.1, 0.15) is 18.9 Å². The second-order valence-electron chi connectivity index (χ2n) is 4.72. The van der Waals surface area contributed by atoms with Crippen LogP contribution in [0.15, 0.2) is 59.1 Å². The van der Waals surface area contributed by atoms with E-state index in [1.165, 1.54) is 6.08 Å². The summed E-state index contributed by atoms with van der Waals surface area (Å²) >= 11 is 3.38. The van der Waals surface area contributed by atoms with Crippen LogP contribution in [0.2, 0.25) is 0 Å². The molecule has 114 valence electrons. The highest BCUT2D eigenvalue weighted by Gasteiger charge is 2.01. The fourth-order valence-electron chi connectivity index (χ4n) is 1.88. The van der Waals surface area contributed by atoms with Gasteiger partial charge in [-0.2, -0.15) is 0 Å². The molecule has 0 heterocycles. The lowest BCUT2D eigenvalue weighted by atomic mass is 10.2. The summed E-state index contributed by atoms with van der Waals surface area (Å²) in [7, 11) is 0. The van der Waals surface area contributed by atoms with Gasteiger partial charge in [0, 0.05) is 21.8 Å². The molecule has 0 radical (unpaired) electrons. The van der Waals surface area contributed by atoms with Crippen molar-refractivity contribution < 1.29 is 9.53 Å². The number of hydrogen-bond acceptors (Lipinski definition) is 2. The number of amides is 1. The minimum absolute atomic E-state index is 0.177. The van der Waals surface area contributed by atoms with Gasteiger partial charge in [0.2, 0.25) is 5.91 Å². The maximum Gasteiger partial charge on any atom is 0.248 e. The highest BCUT2D eigenvalue weighted by Crippen LogP contribution is 2.20. The van der Waals surface area contributed by atoms with Crippen molar-refractivity contribution >= 4 is 33.6 Å². The quantitative estimate of drug-likeness (QED) is 0.745. The van der Waals surface area contributed by atoms with E-state index in [9.17, 15) is 4.79 Å². The Labute approximate surface area is 139 Å². The molecule has 0 aromatic heterocycles. The smallest absolute Gasteiger partial charge is 0.248 e. The molecule has 0 aliphatic carbocycles. The lowest BCUT2D eigenvalue weighted by Gasteiger charge is -2.07. The summed E-state index contributed by atoms with van der Waals surface area (Å²) in [4.78, 5) is 12.0. The zero-order valence-electron chi connectivity index (χ0n) is 12.4. The lowest BCUT2D eigenvalue weighted by Crippen LogP contribution is -2.07. The van der Waals surface area contributed by atoms with Gasteiger partial charge in [0.1, 0.15) is 5.75 Å². The summed E-state index contributed by atoms with van der Waals surface area (Å²) in [5.41, 5.74) is 1.64. The van der Waals surface area contributed by atoms with Gasteiger partial charge in [-0.15, -0.1) is 0 Å². The summed E-state index contributed by atoms with van der Waals surface area (Å²) in [5.74, 6) is 0.610. The summed E-state index contributed by atoms with van der Waals surface area (Å²) < 4.78 is 6.59. The molecule has 2 aromatic carbocycles. The molecule has 1 amide bonds. The van der Waals surface area contributed by atoms with Crippen LogP contribution in [0, 0.1) is 0 Å². The topological polar surface area (TPSA) is 38.3 Å². The van der Waals surface area contributed by atoms with Crippen LogP contribution >= 0.6 is 15.9 Å². The Morgan fingerprint density at radius 1 is 1.23 bits per heavy atom. The van der Waals surface area contributed by atoms with Crippen LogP contribution in [0.3, 0.4) is 0 Å². The number of carbonyl (C=O) groups is 1. The first kappa shape index (κ1) is 16.3. The van der Waals surface area contributed by atoms with Crippen molar-refractivity contribution in [2.45, 2.75) is 13.3 Å². The molecule has 0 unspecified atom stereocenters. The number of halogens is 1. The molecule has 0 fully saturated rings. The van der Waals surface area contributed by atoms with Crippen molar-refractivity contribution in [3.63, 3.8) is 0 Å². The van der Waals surface area contributed by atoms with E-state index in [2.05, 4.69) is 28.2 Å². The van der Waals surface area contributed by atoms with E-state index in [1.54, 1.807) is 6.08 Å². The van der Waals surface area contributed by atoms with Crippen LogP contribution in [-0.2, 0) is 4.79 Å². The van der Waals surface area contributed by atoms with Gasteiger partial charge in [-0.25, -0.2) is 0 Å². The van der Waals surface area contributed by atoms with Crippen molar-refractivity contribution in [3.8, 4) is 5.75 Å². The highest BCUT2D eigenvalue weighted by molar-refractivity contribution is 9.10. The second kappa shape index (κ2) is 8.39. The van der Waals surface area contributed by atoms with E-state index in [-0.39, 0.29) is 5.91 Å². The Bertz CT molecular complexity index is 668. The monoisotopic (exact) mass is 359 g/mol. The maximum atomic E-state index is 12.0. The Morgan fingerprint density at radius 3 is 2.82 bits per heavy atom. The maximum absolute atomic E-state index is 12.0. The first-order valence-corrected chi connectivity index (χ1v) is 7.95. The number of hydrogen-bond donors (Lipinski definition) is 1. The van der Waals surface area contributed by atoms with Gasteiger partial charge in [-0.1, -0.05) is 47.1 Å². The van der Waals surface area contributed by atoms with E-state index in [4.69, 9.17) is 4.74 Å². The predicted molar refractivity (Wildman–Crippen MR) is 94.0 cm³/mol. The molecule has 0 saturated carbocycles.